The van der Waals surface area contributed by atoms with Crippen LogP contribution in [-0.2, 0) is 0 Å². The third-order valence-electron chi connectivity index (χ3n) is 2.01. The van der Waals surface area contributed by atoms with Gasteiger partial charge in [-0.3, -0.25) is 0 Å². The first-order chi connectivity index (χ1) is 7.00. The summed E-state index contributed by atoms with van der Waals surface area (Å²) in [5.74, 6) is 0.0755. The minimum Gasteiger partial charge on any atom is -0.435 e. The molecule has 0 unspecified atom stereocenters. The van der Waals surface area contributed by atoms with Crippen LogP contribution >= 0.6 is 0 Å². The average Bonchev–Trinajstić information content (AvgIpc) is 2.17. The molecular formula is C10H13F2NO2. The quantitative estimate of drug-likeness (QED) is 0.806. The maximum atomic E-state index is 11.8. The zero-order valence-corrected chi connectivity index (χ0v) is 8.23. The summed E-state index contributed by atoms with van der Waals surface area (Å²) < 4.78 is 27.8. The number of aliphatic hydroxyl groups is 1. The lowest BCUT2D eigenvalue weighted by Crippen LogP contribution is -2.22. The number of hydrogen-bond acceptors (Lipinski definition) is 3. The van der Waals surface area contributed by atoms with Crippen molar-refractivity contribution in [2.24, 2.45) is 5.73 Å². The predicted octanol–water partition coefficient (Wildman–Crippen LogP) is 1.67. The summed E-state index contributed by atoms with van der Waals surface area (Å²) in [6.45, 7) is -1.27. The zero-order valence-electron chi connectivity index (χ0n) is 8.23. The Kier molecular flexibility index (Phi) is 3.99. The minimum atomic E-state index is -2.83. The molecule has 0 saturated carbocycles. The molecule has 0 aliphatic carbocycles. The van der Waals surface area contributed by atoms with Crippen molar-refractivity contribution in [2.45, 2.75) is 25.7 Å². The van der Waals surface area contributed by atoms with Crippen LogP contribution < -0.4 is 10.5 Å². The summed E-state index contributed by atoms with van der Waals surface area (Å²) in [5, 5.41) is 9.21. The van der Waals surface area contributed by atoms with Crippen LogP contribution in [0.1, 0.15) is 18.5 Å². The van der Waals surface area contributed by atoms with Gasteiger partial charge in [-0.1, -0.05) is 12.1 Å². The molecule has 0 aromatic heterocycles. The summed E-state index contributed by atoms with van der Waals surface area (Å²) in [5.41, 5.74) is 6.32. The van der Waals surface area contributed by atoms with Gasteiger partial charge in [0.25, 0.3) is 0 Å². The van der Waals surface area contributed by atoms with Crippen molar-refractivity contribution < 1.29 is 18.6 Å². The highest BCUT2D eigenvalue weighted by Gasteiger charge is 2.12. The fourth-order valence-electron chi connectivity index (χ4n) is 1.15. The van der Waals surface area contributed by atoms with E-state index in [1.165, 1.54) is 12.1 Å². The van der Waals surface area contributed by atoms with E-state index >= 15 is 0 Å². The van der Waals surface area contributed by atoms with Gasteiger partial charge in [0.05, 0.1) is 12.1 Å². The first-order valence-corrected chi connectivity index (χ1v) is 4.49. The van der Waals surface area contributed by atoms with E-state index in [1.807, 2.05) is 0 Å². The SMILES string of the molecule is C[C@H](O)[C@H](N)c1ccc(OC(F)F)cc1. The second kappa shape index (κ2) is 5.04. The van der Waals surface area contributed by atoms with Crippen LogP contribution in [0.5, 0.6) is 5.75 Å². The molecule has 0 spiro atoms. The Labute approximate surface area is 86.5 Å². The van der Waals surface area contributed by atoms with E-state index in [0.717, 1.165) is 0 Å². The van der Waals surface area contributed by atoms with Crippen molar-refractivity contribution >= 4 is 0 Å². The number of hydrogen-bond donors (Lipinski definition) is 2. The van der Waals surface area contributed by atoms with E-state index < -0.39 is 18.8 Å². The van der Waals surface area contributed by atoms with Crippen LogP contribution in [-0.4, -0.2) is 17.8 Å². The third-order valence-corrected chi connectivity index (χ3v) is 2.01. The topological polar surface area (TPSA) is 55.5 Å². The van der Waals surface area contributed by atoms with E-state index in [9.17, 15) is 13.9 Å². The Balaban J connectivity index is 2.72. The Hall–Kier alpha value is -1.20. The minimum absolute atomic E-state index is 0.0755. The zero-order chi connectivity index (χ0) is 11.4. The summed E-state index contributed by atoms with van der Waals surface area (Å²) in [6.07, 6.45) is -0.688. The van der Waals surface area contributed by atoms with Crippen LogP contribution in [0.15, 0.2) is 24.3 Å². The highest BCUT2D eigenvalue weighted by molar-refractivity contribution is 5.29. The van der Waals surface area contributed by atoms with Crippen molar-refractivity contribution in [2.75, 3.05) is 0 Å². The van der Waals surface area contributed by atoms with Crippen LogP contribution in [0.2, 0.25) is 0 Å². The second-order valence-electron chi connectivity index (χ2n) is 3.21. The standard InChI is InChI=1S/C10H13F2NO2/c1-6(14)9(13)7-2-4-8(5-3-7)15-10(11)12/h2-6,9-10,14H,13H2,1H3/t6-,9-/m0/s1. The number of rotatable bonds is 4. The molecule has 15 heavy (non-hydrogen) atoms. The molecule has 3 nitrogen and oxygen atoms in total. The molecule has 0 amide bonds. The van der Waals surface area contributed by atoms with Gasteiger partial charge < -0.3 is 15.6 Å². The molecule has 84 valence electrons. The normalized spacial score (nSPS) is 15.1. The lowest BCUT2D eigenvalue weighted by atomic mass is 10.0. The van der Waals surface area contributed by atoms with Crippen LogP contribution in [0, 0.1) is 0 Å². The molecule has 0 heterocycles. The lowest BCUT2D eigenvalue weighted by Gasteiger charge is -2.15. The molecule has 3 N–H and O–H groups in total. The van der Waals surface area contributed by atoms with Gasteiger partial charge in [-0.05, 0) is 24.6 Å². The van der Waals surface area contributed by atoms with Gasteiger partial charge in [0, 0.05) is 0 Å². The van der Waals surface area contributed by atoms with Gasteiger partial charge in [0.1, 0.15) is 5.75 Å². The fraction of sp³-hybridized carbons (Fsp3) is 0.400. The maximum absolute atomic E-state index is 11.8. The maximum Gasteiger partial charge on any atom is 0.387 e. The summed E-state index contributed by atoms with van der Waals surface area (Å²) in [7, 11) is 0. The number of halogens is 2. The highest BCUT2D eigenvalue weighted by atomic mass is 19.3. The molecule has 0 aliphatic heterocycles. The van der Waals surface area contributed by atoms with Crippen LogP contribution in [0.25, 0.3) is 0 Å². The Morgan fingerprint density at radius 1 is 1.27 bits per heavy atom. The molecule has 1 aromatic rings. The fourth-order valence-corrected chi connectivity index (χ4v) is 1.15. The number of nitrogens with two attached hydrogens (primary N) is 1. The Morgan fingerprint density at radius 2 is 1.80 bits per heavy atom. The summed E-state index contributed by atoms with van der Waals surface area (Å²) in [6, 6.07) is 5.36. The largest absolute Gasteiger partial charge is 0.435 e. The summed E-state index contributed by atoms with van der Waals surface area (Å²) >= 11 is 0. The molecule has 2 atom stereocenters. The van der Waals surface area contributed by atoms with Gasteiger partial charge in [0.15, 0.2) is 0 Å². The number of benzene rings is 1. The van der Waals surface area contributed by atoms with Gasteiger partial charge in [-0.25, -0.2) is 0 Å². The van der Waals surface area contributed by atoms with Crippen molar-refractivity contribution in [3.8, 4) is 5.75 Å². The molecule has 0 aliphatic rings. The van der Waals surface area contributed by atoms with Crippen LogP contribution in [0.4, 0.5) is 8.78 Å². The monoisotopic (exact) mass is 217 g/mol. The Bertz CT molecular complexity index is 301. The first kappa shape index (κ1) is 11.9. The second-order valence-corrected chi connectivity index (χ2v) is 3.21. The third kappa shape index (κ3) is 3.45. The van der Waals surface area contributed by atoms with Crippen molar-refractivity contribution in [1.82, 2.24) is 0 Å². The molecule has 0 saturated heterocycles. The van der Waals surface area contributed by atoms with Crippen molar-refractivity contribution in [1.29, 1.82) is 0 Å². The smallest absolute Gasteiger partial charge is 0.387 e. The van der Waals surface area contributed by atoms with E-state index in [4.69, 9.17) is 5.73 Å². The van der Waals surface area contributed by atoms with E-state index in [2.05, 4.69) is 4.74 Å². The van der Waals surface area contributed by atoms with Gasteiger partial charge in [-0.2, -0.15) is 8.78 Å². The van der Waals surface area contributed by atoms with E-state index in [0.29, 0.717) is 5.56 Å². The molecular weight excluding hydrogens is 204 g/mol. The summed E-state index contributed by atoms with van der Waals surface area (Å²) in [4.78, 5) is 0. The van der Waals surface area contributed by atoms with Crippen molar-refractivity contribution in [3.05, 3.63) is 29.8 Å². The number of ether oxygens (including phenoxy) is 1. The van der Waals surface area contributed by atoms with Gasteiger partial charge in [-0.15, -0.1) is 0 Å². The lowest BCUT2D eigenvalue weighted by molar-refractivity contribution is -0.0498. The van der Waals surface area contributed by atoms with E-state index in [1.54, 1.807) is 19.1 Å². The highest BCUT2D eigenvalue weighted by Crippen LogP contribution is 2.19. The molecule has 0 bridgehead atoms. The first-order valence-electron chi connectivity index (χ1n) is 4.49. The Morgan fingerprint density at radius 3 is 2.20 bits per heavy atom. The predicted molar refractivity (Wildman–Crippen MR) is 51.7 cm³/mol. The molecule has 0 fully saturated rings. The number of alkyl halides is 2. The van der Waals surface area contributed by atoms with E-state index in [-0.39, 0.29) is 5.75 Å². The van der Waals surface area contributed by atoms with Gasteiger partial charge in [0.2, 0.25) is 0 Å². The van der Waals surface area contributed by atoms with Gasteiger partial charge >= 0.3 is 6.61 Å². The molecule has 1 aromatic carbocycles. The molecule has 0 radical (unpaired) electrons. The molecule has 1 rings (SSSR count). The number of aliphatic hydroxyl groups excluding tert-OH is 1. The van der Waals surface area contributed by atoms with Crippen molar-refractivity contribution in [3.63, 3.8) is 0 Å². The molecule has 5 heteroatoms. The average molecular weight is 217 g/mol. The van der Waals surface area contributed by atoms with Crippen LogP contribution in [0.3, 0.4) is 0 Å².